The minimum Gasteiger partial charge on any atom is -0.307 e. The predicted octanol–water partition coefficient (Wildman–Crippen LogP) is 4.07. The summed E-state index contributed by atoms with van der Waals surface area (Å²) < 4.78 is 51.7. The number of alkyl halides is 3. The van der Waals surface area contributed by atoms with Crippen LogP contribution in [-0.4, -0.2) is 6.54 Å². The largest absolute Gasteiger partial charge is 0.419 e. The van der Waals surface area contributed by atoms with Gasteiger partial charge in [-0.15, -0.1) is 0 Å². The Bertz CT molecular complexity index is 437. The molecule has 0 spiro atoms. The van der Waals surface area contributed by atoms with E-state index in [1.165, 1.54) is 12.1 Å². The van der Waals surface area contributed by atoms with Crippen LogP contribution in [0.4, 0.5) is 17.6 Å². The topological polar surface area (TPSA) is 12.0 Å². The number of nitrogens with one attached hydrogen (secondary N) is 1. The van der Waals surface area contributed by atoms with Gasteiger partial charge in [-0.05, 0) is 19.5 Å². The Morgan fingerprint density at radius 1 is 1.39 bits per heavy atom. The highest BCUT2D eigenvalue weighted by Gasteiger charge is 2.35. The SMILES string of the molecule is C=C(C)C(NCC)c1cccc(C(F)(F)F)c1F. The van der Waals surface area contributed by atoms with Crippen LogP contribution in [0, 0.1) is 5.82 Å². The molecule has 0 aliphatic carbocycles. The molecule has 0 saturated carbocycles. The zero-order chi connectivity index (χ0) is 13.9. The highest BCUT2D eigenvalue weighted by Crippen LogP contribution is 2.34. The van der Waals surface area contributed by atoms with E-state index in [1.54, 1.807) is 13.8 Å². The molecule has 0 heterocycles. The normalized spacial score (nSPS) is 13.4. The van der Waals surface area contributed by atoms with Crippen LogP contribution in [0.1, 0.15) is 31.0 Å². The molecule has 0 fully saturated rings. The van der Waals surface area contributed by atoms with Crippen molar-refractivity contribution in [3.63, 3.8) is 0 Å². The molecule has 1 nitrogen and oxygen atoms in total. The highest BCUT2D eigenvalue weighted by atomic mass is 19.4. The number of hydrogen-bond donors (Lipinski definition) is 1. The Morgan fingerprint density at radius 3 is 2.44 bits per heavy atom. The molecular weight excluding hydrogens is 246 g/mol. The lowest BCUT2D eigenvalue weighted by Gasteiger charge is -2.20. The Morgan fingerprint density at radius 2 is 2.00 bits per heavy atom. The van der Waals surface area contributed by atoms with E-state index in [4.69, 9.17) is 0 Å². The van der Waals surface area contributed by atoms with E-state index < -0.39 is 23.6 Å². The summed E-state index contributed by atoms with van der Waals surface area (Å²) in [6.07, 6.45) is -4.69. The number of hydrogen-bond acceptors (Lipinski definition) is 1. The molecule has 1 aromatic rings. The Kier molecular flexibility index (Phi) is 4.51. The zero-order valence-electron chi connectivity index (χ0n) is 10.2. The van der Waals surface area contributed by atoms with Gasteiger partial charge in [-0.1, -0.05) is 31.2 Å². The summed E-state index contributed by atoms with van der Waals surface area (Å²) in [5.41, 5.74) is -0.710. The Labute approximate surface area is 104 Å². The van der Waals surface area contributed by atoms with Crippen molar-refractivity contribution in [2.45, 2.75) is 26.1 Å². The predicted molar refractivity (Wildman–Crippen MR) is 62.6 cm³/mol. The maximum atomic E-state index is 13.9. The first-order valence-electron chi connectivity index (χ1n) is 5.53. The van der Waals surface area contributed by atoms with Crippen molar-refractivity contribution in [1.29, 1.82) is 0 Å². The van der Waals surface area contributed by atoms with E-state index in [1.807, 2.05) is 0 Å². The zero-order valence-corrected chi connectivity index (χ0v) is 10.2. The lowest BCUT2D eigenvalue weighted by molar-refractivity contribution is -0.140. The quantitative estimate of drug-likeness (QED) is 0.636. The van der Waals surface area contributed by atoms with Gasteiger partial charge >= 0.3 is 6.18 Å². The average molecular weight is 261 g/mol. The molecule has 1 aromatic carbocycles. The van der Waals surface area contributed by atoms with Gasteiger partial charge in [0.15, 0.2) is 0 Å². The van der Waals surface area contributed by atoms with Gasteiger partial charge in [0.2, 0.25) is 0 Å². The van der Waals surface area contributed by atoms with Gasteiger partial charge in [0.05, 0.1) is 11.6 Å². The van der Waals surface area contributed by atoms with E-state index in [9.17, 15) is 17.6 Å². The van der Waals surface area contributed by atoms with Gasteiger partial charge in [-0.3, -0.25) is 0 Å². The van der Waals surface area contributed by atoms with Crippen LogP contribution >= 0.6 is 0 Å². The fraction of sp³-hybridized carbons (Fsp3) is 0.385. The van der Waals surface area contributed by atoms with E-state index >= 15 is 0 Å². The number of rotatable bonds is 4. The molecule has 0 saturated heterocycles. The standard InChI is InChI=1S/C13H15F4N/c1-4-18-12(8(2)3)9-6-5-7-10(11(9)14)13(15,16)17/h5-7,12,18H,2,4H2,1,3H3. The molecule has 18 heavy (non-hydrogen) atoms. The molecule has 100 valence electrons. The second kappa shape index (κ2) is 5.52. The van der Waals surface area contributed by atoms with Crippen molar-refractivity contribution in [1.82, 2.24) is 5.32 Å². The summed E-state index contributed by atoms with van der Waals surface area (Å²) in [5, 5.41) is 2.91. The minimum atomic E-state index is -4.69. The van der Waals surface area contributed by atoms with Gasteiger partial charge in [0.1, 0.15) is 5.82 Å². The van der Waals surface area contributed by atoms with Gasteiger partial charge < -0.3 is 5.32 Å². The molecule has 1 unspecified atom stereocenters. The fourth-order valence-electron chi connectivity index (χ4n) is 1.75. The van der Waals surface area contributed by atoms with Crippen LogP contribution < -0.4 is 5.32 Å². The average Bonchev–Trinajstić information content (AvgIpc) is 2.24. The number of likely N-dealkylation sites (N-methyl/N-ethyl adjacent to an activating group) is 1. The lowest BCUT2D eigenvalue weighted by atomic mass is 9.98. The molecule has 1 atom stereocenters. The molecule has 0 aromatic heterocycles. The first kappa shape index (κ1) is 14.7. The molecule has 0 aliphatic rings. The third-order valence-corrected chi connectivity index (χ3v) is 2.55. The maximum Gasteiger partial charge on any atom is 0.419 e. The van der Waals surface area contributed by atoms with E-state index in [0.29, 0.717) is 12.1 Å². The summed E-state index contributed by atoms with van der Waals surface area (Å²) in [4.78, 5) is 0. The smallest absolute Gasteiger partial charge is 0.307 e. The number of benzene rings is 1. The Hall–Kier alpha value is -1.36. The van der Waals surface area contributed by atoms with Crippen LogP contribution in [0.5, 0.6) is 0 Å². The Balaban J connectivity index is 3.28. The van der Waals surface area contributed by atoms with Crippen molar-refractivity contribution in [3.05, 3.63) is 47.3 Å². The van der Waals surface area contributed by atoms with Crippen molar-refractivity contribution < 1.29 is 17.6 Å². The maximum absolute atomic E-state index is 13.9. The summed E-state index contributed by atoms with van der Waals surface area (Å²) in [5.74, 6) is -1.24. The van der Waals surface area contributed by atoms with Crippen molar-refractivity contribution >= 4 is 0 Å². The molecule has 0 radical (unpaired) electrons. The van der Waals surface area contributed by atoms with Gasteiger partial charge in [0.25, 0.3) is 0 Å². The van der Waals surface area contributed by atoms with Crippen LogP contribution in [-0.2, 0) is 6.18 Å². The third-order valence-electron chi connectivity index (χ3n) is 2.55. The molecule has 1 N–H and O–H groups in total. The second-order valence-electron chi connectivity index (χ2n) is 4.04. The highest BCUT2D eigenvalue weighted by molar-refractivity contribution is 5.34. The summed E-state index contributed by atoms with van der Waals surface area (Å²) >= 11 is 0. The summed E-state index contributed by atoms with van der Waals surface area (Å²) in [7, 11) is 0. The lowest BCUT2D eigenvalue weighted by Crippen LogP contribution is -2.23. The molecule has 0 amide bonds. The molecule has 5 heteroatoms. The van der Waals surface area contributed by atoms with Gasteiger partial charge in [0, 0.05) is 5.56 Å². The monoisotopic (exact) mass is 261 g/mol. The molecule has 0 bridgehead atoms. The van der Waals surface area contributed by atoms with Gasteiger partial charge in [-0.2, -0.15) is 13.2 Å². The first-order chi connectivity index (χ1) is 8.29. The van der Waals surface area contributed by atoms with Crippen molar-refractivity contribution in [2.24, 2.45) is 0 Å². The van der Waals surface area contributed by atoms with E-state index in [0.717, 1.165) is 6.07 Å². The van der Waals surface area contributed by atoms with Crippen LogP contribution in [0.25, 0.3) is 0 Å². The van der Waals surface area contributed by atoms with Crippen molar-refractivity contribution in [2.75, 3.05) is 6.54 Å². The molecule has 0 aliphatic heterocycles. The van der Waals surface area contributed by atoms with Crippen LogP contribution in [0.15, 0.2) is 30.4 Å². The van der Waals surface area contributed by atoms with Crippen LogP contribution in [0.2, 0.25) is 0 Å². The van der Waals surface area contributed by atoms with Crippen molar-refractivity contribution in [3.8, 4) is 0 Å². The fourth-order valence-corrected chi connectivity index (χ4v) is 1.75. The van der Waals surface area contributed by atoms with Gasteiger partial charge in [-0.25, -0.2) is 4.39 Å². The molecular formula is C13H15F4N. The third kappa shape index (κ3) is 3.10. The summed E-state index contributed by atoms with van der Waals surface area (Å²) in [6.45, 7) is 7.62. The minimum absolute atomic E-state index is 0.0285. The first-order valence-corrected chi connectivity index (χ1v) is 5.53. The second-order valence-corrected chi connectivity index (χ2v) is 4.04. The summed E-state index contributed by atoms with van der Waals surface area (Å²) in [6, 6.07) is 2.67. The molecule has 1 rings (SSSR count). The van der Waals surface area contributed by atoms with E-state index in [-0.39, 0.29) is 5.56 Å². The number of halogens is 4. The van der Waals surface area contributed by atoms with E-state index in [2.05, 4.69) is 11.9 Å². The van der Waals surface area contributed by atoms with Crippen LogP contribution in [0.3, 0.4) is 0 Å².